The van der Waals surface area contributed by atoms with Crippen molar-refractivity contribution in [2.24, 2.45) is 0 Å². The van der Waals surface area contributed by atoms with E-state index >= 15 is 0 Å². The van der Waals surface area contributed by atoms with E-state index in [9.17, 15) is 21.6 Å². The van der Waals surface area contributed by atoms with Gasteiger partial charge in [-0.15, -0.1) is 0 Å². The molecule has 0 heterocycles. The van der Waals surface area contributed by atoms with E-state index in [-0.39, 0.29) is 9.37 Å². The fraction of sp³-hybridized carbons (Fsp3) is 0. The molecule has 0 aliphatic heterocycles. The average Bonchev–Trinajstić information content (AvgIpc) is 2.40. The van der Waals surface area contributed by atoms with E-state index in [0.29, 0.717) is 6.07 Å². The topological polar surface area (TPSA) is 46.2 Å². The highest BCUT2D eigenvalue weighted by molar-refractivity contribution is 9.10. The standard InChI is InChI=1S/C12H7BrF3NO2S/c13-7-3-1-2-4-10(7)20(18,19)17-9-6-5-8(14)11(15)12(9)16/h1-6,17H. The minimum absolute atomic E-state index is 0.149. The van der Waals surface area contributed by atoms with Crippen LogP contribution in [0.1, 0.15) is 0 Å². The fourth-order valence-corrected chi connectivity index (χ4v) is 3.53. The van der Waals surface area contributed by atoms with Crippen molar-refractivity contribution in [2.75, 3.05) is 4.72 Å². The number of halogens is 4. The summed E-state index contributed by atoms with van der Waals surface area (Å²) in [6, 6.07) is 7.28. The van der Waals surface area contributed by atoms with Gasteiger partial charge in [0.1, 0.15) is 4.90 Å². The zero-order chi connectivity index (χ0) is 14.9. The highest BCUT2D eigenvalue weighted by atomic mass is 79.9. The van der Waals surface area contributed by atoms with Crippen LogP contribution in [0.5, 0.6) is 0 Å². The van der Waals surface area contributed by atoms with Gasteiger partial charge in [0.15, 0.2) is 17.5 Å². The van der Waals surface area contributed by atoms with E-state index in [1.165, 1.54) is 18.2 Å². The second-order valence-electron chi connectivity index (χ2n) is 3.76. The molecule has 2 aromatic carbocycles. The molecule has 0 atom stereocenters. The molecule has 8 heteroatoms. The predicted octanol–water partition coefficient (Wildman–Crippen LogP) is 3.67. The SMILES string of the molecule is O=S(=O)(Nc1ccc(F)c(F)c1F)c1ccccc1Br. The Morgan fingerprint density at radius 2 is 1.60 bits per heavy atom. The lowest BCUT2D eigenvalue weighted by Gasteiger charge is -2.10. The zero-order valence-corrected chi connectivity index (χ0v) is 12.1. The third-order valence-electron chi connectivity index (χ3n) is 2.41. The summed E-state index contributed by atoms with van der Waals surface area (Å²) in [6.07, 6.45) is 0. The molecule has 0 aliphatic rings. The summed E-state index contributed by atoms with van der Waals surface area (Å²) >= 11 is 3.04. The van der Waals surface area contributed by atoms with E-state index in [4.69, 9.17) is 0 Å². The summed E-state index contributed by atoms with van der Waals surface area (Å²) in [4.78, 5) is -0.149. The van der Waals surface area contributed by atoms with Gasteiger partial charge in [-0.25, -0.2) is 21.6 Å². The third-order valence-corrected chi connectivity index (χ3v) is 4.78. The van der Waals surface area contributed by atoms with Crippen LogP contribution in [0.4, 0.5) is 18.9 Å². The van der Waals surface area contributed by atoms with Crippen LogP contribution in [0, 0.1) is 17.5 Å². The van der Waals surface area contributed by atoms with Crippen LogP contribution in [0.15, 0.2) is 45.8 Å². The largest absolute Gasteiger partial charge is 0.277 e. The number of sulfonamides is 1. The van der Waals surface area contributed by atoms with Gasteiger partial charge in [0.25, 0.3) is 10.0 Å². The first kappa shape index (κ1) is 14.9. The monoisotopic (exact) mass is 365 g/mol. The van der Waals surface area contributed by atoms with Crippen molar-refractivity contribution in [2.45, 2.75) is 4.90 Å². The molecule has 0 saturated carbocycles. The molecule has 0 amide bonds. The van der Waals surface area contributed by atoms with E-state index in [1.54, 1.807) is 6.07 Å². The summed E-state index contributed by atoms with van der Waals surface area (Å²) < 4.78 is 65.5. The molecule has 0 aromatic heterocycles. The molecule has 2 aromatic rings. The number of hydrogen-bond acceptors (Lipinski definition) is 2. The molecular formula is C12H7BrF3NO2S. The van der Waals surface area contributed by atoms with Crippen molar-refractivity contribution in [3.63, 3.8) is 0 Å². The maximum atomic E-state index is 13.5. The van der Waals surface area contributed by atoms with Crippen molar-refractivity contribution in [1.29, 1.82) is 0 Å². The van der Waals surface area contributed by atoms with E-state index in [1.807, 2.05) is 4.72 Å². The molecule has 106 valence electrons. The van der Waals surface area contributed by atoms with Gasteiger partial charge in [0.2, 0.25) is 0 Å². The fourth-order valence-electron chi connectivity index (χ4n) is 1.47. The second-order valence-corrected chi connectivity index (χ2v) is 6.26. The minimum atomic E-state index is -4.12. The van der Waals surface area contributed by atoms with E-state index < -0.39 is 33.2 Å². The van der Waals surface area contributed by atoms with Crippen LogP contribution in [0.25, 0.3) is 0 Å². The first-order chi connectivity index (χ1) is 9.33. The highest BCUT2D eigenvalue weighted by Crippen LogP contribution is 2.26. The Morgan fingerprint density at radius 1 is 0.950 bits per heavy atom. The van der Waals surface area contributed by atoms with Crippen LogP contribution >= 0.6 is 15.9 Å². The van der Waals surface area contributed by atoms with Crippen LogP contribution in [0.2, 0.25) is 0 Å². The molecule has 3 nitrogen and oxygen atoms in total. The minimum Gasteiger partial charge on any atom is -0.277 e. The van der Waals surface area contributed by atoms with Gasteiger partial charge in [0, 0.05) is 4.47 Å². The summed E-state index contributed by atoms with van der Waals surface area (Å²) in [7, 11) is -4.12. The Bertz CT molecular complexity index is 765. The Hall–Kier alpha value is -1.54. The number of anilines is 1. The van der Waals surface area contributed by atoms with Crippen LogP contribution in [-0.2, 0) is 10.0 Å². The lowest BCUT2D eigenvalue weighted by molar-refractivity contribution is 0.449. The second kappa shape index (κ2) is 5.45. The number of benzene rings is 2. The smallest absolute Gasteiger partial charge is 0.263 e. The van der Waals surface area contributed by atoms with Gasteiger partial charge >= 0.3 is 0 Å². The molecule has 0 saturated heterocycles. The summed E-state index contributed by atoms with van der Waals surface area (Å²) in [5, 5.41) is 0. The molecule has 1 N–H and O–H groups in total. The molecule has 0 unspecified atom stereocenters. The molecule has 0 spiro atoms. The number of hydrogen-bond donors (Lipinski definition) is 1. The van der Waals surface area contributed by atoms with Gasteiger partial charge in [-0.3, -0.25) is 4.72 Å². The molecule has 0 radical (unpaired) electrons. The quantitative estimate of drug-likeness (QED) is 0.843. The molecule has 20 heavy (non-hydrogen) atoms. The van der Waals surface area contributed by atoms with E-state index in [2.05, 4.69) is 15.9 Å². The Morgan fingerprint density at radius 3 is 2.25 bits per heavy atom. The molecule has 2 rings (SSSR count). The Labute approximate surface area is 121 Å². The molecule has 0 aliphatic carbocycles. The van der Waals surface area contributed by atoms with Gasteiger partial charge in [-0.05, 0) is 40.2 Å². The third kappa shape index (κ3) is 2.80. The highest BCUT2D eigenvalue weighted by Gasteiger charge is 2.21. The average molecular weight is 366 g/mol. The lowest BCUT2D eigenvalue weighted by Crippen LogP contribution is -2.15. The van der Waals surface area contributed by atoms with Crippen molar-refractivity contribution in [3.05, 3.63) is 58.3 Å². The van der Waals surface area contributed by atoms with Crippen LogP contribution in [-0.4, -0.2) is 8.42 Å². The van der Waals surface area contributed by atoms with Gasteiger partial charge in [0.05, 0.1) is 5.69 Å². The maximum Gasteiger partial charge on any atom is 0.263 e. The van der Waals surface area contributed by atoms with Crippen LogP contribution < -0.4 is 4.72 Å². The van der Waals surface area contributed by atoms with Gasteiger partial charge in [-0.1, -0.05) is 12.1 Å². The molecule has 0 bridgehead atoms. The lowest BCUT2D eigenvalue weighted by atomic mass is 10.3. The molecular weight excluding hydrogens is 359 g/mol. The van der Waals surface area contributed by atoms with Gasteiger partial charge < -0.3 is 0 Å². The normalized spacial score (nSPS) is 11.4. The molecule has 0 fully saturated rings. The zero-order valence-electron chi connectivity index (χ0n) is 9.70. The summed E-state index contributed by atoms with van der Waals surface area (Å²) in [5.74, 6) is -4.73. The van der Waals surface area contributed by atoms with Crippen molar-refractivity contribution in [1.82, 2.24) is 0 Å². The first-order valence-electron chi connectivity index (χ1n) is 5.24. The van der Waals surface area contributed by atoms with Crippen molar-refractivity contribution >= 4 is 31.6 Å². The van der Waals surface area contributed by atoms with E-state index in [0.717, 1.165) is 6.07 Å². The Balaban J connectivity index is 2.45. The van der Waals surface area contributed by atoms with Crippen molar-refractivity contribution < 1.29 is 21.6 Å². The van der Waals surface area contributed by atoms with Gasteiger partial charge in [-0.2, -0.15) is 0 Å². The predicted molar refractivity (Wildman–Crippen MR) is 71.3 cm³/mol. The van der Waals surface area contributed by atoms with Crippen molar-refractivity contribution in [3.8, 4) is 0 Å². The summed E-state index contributed by atoms with van der Waals surface area (Å²) in [5.41, 5.74) is -0.667. The maximum absolute atomic E-state index is 13.5. The summed E-state index contributed by atoms with van der Waals surface area (Å²) in [6.45, 7) is 0. The van der Waals surface area contributed by atoms with Crippen LogP contribution in [0.3, 0.4) is 0 Å². The Kier molecular flexibility index (Phi) is 4.05. The number of nitrogens with one attached hydrogen (secondary N) is 1. The number of rotatable bonds is 3. The first-order valence-corrected chi connectivity index (χ1v) is 7.51.